The third-order valence-corrected chi connectivity index (χ3v) is 22.3. The lowest BCUT2D eigenvalue weighted by Gasteiger charge is -2.14. The first-order valence-corrected chi connectivity index (χ1v) is 49.4. The van der Waals surface area contributed by atoms with Crippen molar-refractivity contribution in [2.24, 2.45) is 0 Å². The summed E-state index contributed by atoms with van der Waals surface area (Å²) in [6.07, 6.45) is 101. The molecular weight excluding hydrogens is 1510 g/mol. The summed E-state index contributed by atoms with van der Waals surface area (Å²) in [4.78, 5) is 0. The van der Waals surface area contributed by atoms with E-state index < -0.39 is 0 Å². The van der Waals surface area contributed by atoms with Crippen LogP contribution in [-0.4, -0.2) is 39.6 Å². The zero-order valence-corrected chi connectivity index (χ0v) is 78.2. The molecule has 0 spiro atoms. The maximum absolute atomic E-state index is 6.41. The molecule has 694 valence electrons. The topological polar surface area (TPSA) is 55.4 Å². The van der Waals surface area contributed by atoms with Gasteiger partial charge in [-0.05, 0) is 107 Å². The number of rotatable bonds is 72. The molecule has 0 fully saturated rings. The Morgan fingerprint density at radius 3 is 0.629 bits per heavy atom. The molecule has 0 heterocycles. The van der Waals surface area contributed by atoms with E-state index in [0.717, 1.165) is 113 Å². The van der Waals surface area contributed by atoms with E-state index in [1.54, 1.807) is 0 Å². The molecule has 0 atom stereocenters. The van der Waals surface area contributed by atoms with Gasteiger partial charge in [0.05, 0.1) is 73.0 Å². The van der Waals surface area contributed by atoms with E-state index >= 15 is 0 Å². The number of terminal acetylenes is 4. The van der Waals surface area contributed by atoms with Crippen LogP contribution in [0.1, 0.15) is 515 Å². The normalized spacial score (nSPS) is 10.1. The Morgan fingerprint density at radius 2 is 0.379 bits per heavy atom. The smallest absolute Gasteiger partial charge is 0.136 e. The van der Waals surface area contributed by atoms with Crippen LogP contribution in [-0.2, 0) is 0 Å². The van der Waals surface area contributed by atoms with Gasteiger partial charge in [0, 0.05) is 35.4 Å². The van der Waals surface area contributed by atoms with Crippen molar-refractivity contribution in [3.8, 4) is 131 Å². The minimum atomic E-state index is 0. The fourth-order valence-electron chi connectivity index (χ4n) is 14.8. The van der Waals surface area contributed by atoms with Crippen LogP contribution < -0.4 is 28.4 Å². The first-order valence-electron chi connectivity index (χ1n) is 49.4. The first kappa shape index (κ1) is 120. The van der Waals surface area contributed by atoms with Crippen molar-refractivity contribution >= 4 is 0 Å². The van der Waals surface area contributed by atoms with E-state index in [2.05, 4.69) is 113 Å². The molecule has 4 rings (SSSR count). The van der Waals surface area contributed by atoms with E-state index in [1.165, 1.54) is 347 Å². The molecule has 0 saturated heterocycles. The second-order valence-corrected chi connectivity index (χ2v) is 33.1. The van der Waals surface area contributed by atoms with Gasteiger partial charge in [0.2, 0.25) is 0 Å². The van der Waals surface area contributed by atoms with Crippen LogP contribution in [0.4, 0.5) is 0 Å². The van der Waals surface area contributed by atoms with Gasteiger partial charge in [0.25, 0.3) is 0 Å². The highest BCUT2D eigenvalue weighted by Gasteiger charge is 2.14. The van der Waals surface area contributed by atoms with Crippen molar-refractivity contribution in [2.45, 2.75) is 470 Å². The molecule has 4 aromatic carbocycles. The van der Waals surface area contributed by atoms with E-state index in [1.807, 2.05) is 74.5 Å². The lowest BCUT2D eigenvalue weighted by Crippen LogP contribution is -2.03. The summed E-state index contributed by atoms with van der Waals surface area (Å²) in [6, 6.07) is 19.4. The predicted octanol–water partition coefficient (Wildman–Crippen LogP) is 35.5. The Balaban J connectivity index is -0.00000196. The van der Waals surface area contributed by atoms with E-state index in [4.69, 9.17) is 54.1 Å². The summed E-state index contributed by atoms with van der Waals surface area (Å²) in [5.74, 6) is 40.6. The molecular formula is C118H186O6. The number of unbranched alkanes of at least 4 members (excludes halogenated alkanes) is 54. The minimum Gasteiger partial charge on any atom is -0.492 e. The Kier molecular flexibility index (Phi) is 88.6. The zero-order valence-electron chi connectivity index (χ0n) is 78.2. The lowest BCUT2D eigenvalue weighted by atomic mass is 10.1. The molecule has 0 aliphatic rings. The van der Waals surface area contributed by atoms with Crippen molar-refractivity contribution < 1.29 is 28.4 Å². The molecule has 0 radical (unpaired) electrons. The Labute approximate surface area is 770 Å². The highest BCUT2D eigenvalue weighted by Crippen LogP contribution is 2.32. The van der Waals surface area contributed by atoms with Crippen LogP contribution in [0.2, 0.25) is 0 Å². The summed E-state index contributed by atoms with van der Waals surface area (Å²) in [5.41, 5.74) is 6.35. The van der Waals surface area contributed by atoms with Crippen molar-refractivity contribution in [1.82, 2.24) is 0 Å². The van der Waals surface area contributed by atoms with Gasteiger partial charge in [0.15, 0.2) is 0 Å². The van der Waals surface area contributed by atoms with Gasteiger partial charge >= 0.3 is 0 Å². The number of benzene rings is 4. The molecule has 0 saturated carbocycles. The van der Waals surface area contributed by atoms with E-state index in [9.17, 15) is 0 Å². The van der Waals surface area contributed by atoms with Crippen LogP contribution in [0, 0.1) is 96.7 Å². The van der Waals surface area contributed by atoms with Crippen molar-refractivity contribution in [3.05, 3.63) is 105 Å². The third kappa shape index (κ3) is 65.7. The van der Waals surface area contributed by atoms with E-state index in [-0.39, 0.29) is 29.7 Å². The quantitative estimate of drug-likeness (QED) is 0.0324. The lowest BCUT2D eigenvalue weighted by molar-refractivity contribution is 0.295. The van der Waals surface area contributed by atoms with Gasteiger partial charge in [-0.3, -0.25) is 0 Å². The largest absolute Gasteiger partial charge is 0.492 e. The van der Waals surface area contributed by atoms with Crippen molar-refractivity contribution in [1.29, 1.82) is 0 Å². The molecule has 0 N–H and O–H groups in total. The van der Waals surface area contributed by atoms with Gasteiger partial charge in [-0.1, -0.05) is 459 Å². The maximum Gasteiger partial charge on any atom is 0.136 e. The van der Waals surface area contributed by atoms with E-state index in [0.29, 0.717) is 44.5 Å². The highest BCUT2D eigenvalue weighted by molar-refractivity contribution is 5.61. The van der Waals surface area contributed by atoms with Crippen LogP contribution in [0.5, 0.6) is 34.5 Å². The molecule has 0 bridgehead atoms. The van der Waals surface area contributed by atoms with Gasteiger partial charge in [-0.2, -0.15) is 0 Å². The van der Waals surface area contributed by atoms with Crippen LogP contribution in [0.15, 0.2) is 60.7 Å². The SMILES string of the molecule is C.C.C.C.C#Cc1cc(OCCCCCCCCCCCC)c(C#C)cc1OCCCCCCCCCCCC.C#Cc1ccc(OCCCCCCCCCCCC)c(C#C)c1.CC#Cc1cc(C#CC#Cc2cc(OCCCCCCCCCCCC)c(C#CC)cc2OCCCCCCCCCCCC)ccc1OCCCCCCCCCCCC. The maximum atomic E-state index is 6.41. The van der Waals surface area contributed by atoms with Crippen LogP contribution >= 0.6 is 0 Å². The molecule has 0 aliphatic heterocycles. The number of ether oxygens (including phenoxy) is 6. The highest BCUT2D eigenvalue weighted by atomic mass is 16.5. The molecule has 4 aromatic rings. The Morgan fingerprint density at radius 1 is 0.194 bits per heavy atom. The van der Waals surface area contributed by atoms with Crippen LogP contribution in [0.3, 0.4) is 0 Å². The van der Waals surface area contributed by atoms with Crippen LogP contribution in [0.25, 0.3) is 0 Å². The fourth-order valence-corrected chi connectivity index (χ4v) is 14.8. The number of hydrogen-bond acceptors (Lipinski definition) is 6. The first-order chi connectivity index (χ1) is 59.2. The summed E-state index contributed by atoms with van der Waals surface area (Å²) >= 11 is 0. The second kappa shape index (κ2) is 91.4. The summed E-state index contributed by atoms with van der Waals surface area (Å²) < 4.78 is 36.8. The molecule has 0 amide bonds. The average Bonchev–Trinajstić information content (AvgIpc) is 0.834. The van der Waals surface area contributed by atoms with Gasteiger partial charge < -0.3 is 28.4 Å². The second-order valence-electron chi connectivity index (χ2n) is 33.1. The molecule has 6 nitrogen and oxygen atoms in total. The minimum absolute atomic E-state index is 0. The third-order valence-electron chi connectivity index (χ3n) is 22.3. The zero-order chi connectivity index (χ0) is 86.6. The van der Waals surface area contributed by atoms with Gasteiger partial charge in [0.1, 0.15) is 34.5 Å². The predicted molar refractivity (Wildman–Crippen MR) is 547 cm³/mol. The molecule has 6 heteroatoms. The summed E-state index contributed by atoms with van der Waals surface area (Å²) in [6.45, 7) is 21.5. The standard InChI is InChI=1S/C58H86O3.C34H54O2.C22H30O.4CH4/c1-6-11-14-17-20-23-26-29-32-37-46-59-56-45-44-52(49-53(56)40-9-4)42-35-36-43-55-51-57(60-47-38-33-30-27-24-21-18-15-12-7-2)54(41-10-5)50-58(55)61-48-39-34-31-28-25-22-19-16-13-8-3;1-5-9-11-13-15-17-19-21-23-25-27-35-33-29-32(8-4)34(30-31(33)7-3)36-28-26-24-22-20-18-16-14-12-10-6-2;1-4-7-8-9-10-11-12-13-14-15-18-23-22-17-16-20(5-2)19-21(22)6-3;;;;/h44-45,49-51H,6-8,11-34,37-39,46-48H2,1-5H3;3-4,29-30H,5-6,9-28H2,1-2H3;2-3,16-17,19H,4,7-15,18H2,1H3;4*1H4. The molecule has 0 aromatic heterocycles. The fraction of sp³-hybridized carbons (Fsp3) is 0.661. The van der Waals surface area contributed by atoms with Crippen molar-refractivity contribution in [2.75, 3.05) is 39.6 Å². The molecule has 124 heavy (non-hydrogen) atoms. The summed E-state index contributed by atoms with van der Waals surface area (Å²) in [5, 5.41) is 0. The monoisotopic (exact) mass is 1700 g/mol. The van der Waals surface area contributed by atoms with Crippen molar-refractivity contribution in [3.63, 3.8) is 0 Å². The van der Waals surface area contributed by atoms with Gasteiger partial charge in [-0.15, -0.1) is 37.5 Å². The number of hydrogen-bond donors (Lipinski definition) is 0. The summed E-state index contributed by atoms with van der Waals surface area (Å²) in [7, 11) is 0. The molecule has 0 aliphatic carbocycles. The Hall–Kier alpha value is -7.84. The Bertz CT molecular complexity index is 3540. The van der Waals surface area contributed by atoms with Gasteiger partial charge in [-0.25, -0.2) is 0 Å². The average molecular weight is 1700 g/mol. The molecule has 0 unspecified atom stereocenters.